The van der Waals surface area contributed by atoms with E-state index in [0.717, 1.165) is 28.5 Å². The lowest BCUT2D eigenvalue weighted by molar-refractivity contribution is 0.590. The first-order valence-corrected chi connectivity index (χ1v) is 10.2. The second kappa shape index (κ2) is 7.75. The van der Waals surface area contributed by atoms with Gasteiger partial charge < -0.3 is 0 Å². The zero-order chi connectivity index (χ0) is 21.3. The average molecular weight is 394 g/mol. The maximum absolute atomic E-state index is 4.51. The zero-order valence-electron chi connectivity index (χ0n) is 18.1. The van der Waals surface area contributed by atoms with Crippen LogP contribution in [-0.2, 0) is 5.41 Å². The summed E-state index contributed by atoms with van der Waals surface area (Å²) in [6, 6.07) is 27.4. The Kier molecular flexibility index (Phi) is 5.13. The molecule has 0 fully saturated rings. The smallest absolute Gasteiger partial charge is 0.168 e. The lowest BCUT2D eigenvalue weighted by Crippen LogP contribution is -2.10. The fraction of sp³-hybridized carbons (Fsp3) is 0.185. The Morgan fingerprint density at radius 1 is 0.667 bits per heavy atom. The van der Waals surface area contributed by atoms with Crippen molar-refractivity contribution in [3.8, 4) is 33.9 Å². The molecule has 0 saturated heterocycles. The van der Waals surface area contributed by atoms with Crippen molar-refractivity contribution in [1.29, 1.82) is 0 Å². The van der Waals surface area contributed by atoms with Crippen molar-refractivity contribution >= 4 is 5.70 Å². The molecule has 0 aliphatic carbocycles. The van der Waals surface area contributed by atoms with Crippen LogP contribution in [-0.4, -0.2) is 14.8 Å². The summed E-state index contributed by atoms with van der Waals surface area (Å²) in [5.74, 6) is 1.61. The summed E-state index contributed by atoms with van der Waals surface area (Å²) >= 11 is 0. The number of aromatic nitrogens is 3. The molecule has 4 aromatic rings. The molecular weight excluding hydrogens is 366 g/mol. The topological polar surface area (TPSA) is 30.7 Å². The lowest BCUT2D eigenvalue weighted by atomic mass is 9.86. The van der Waals surface area contributed by atoms with E-state index in [0.29, 0.717) is 0 Å². The maximum Gasteiger partial charge on any atom is 0.168 e. The Balaban J connectivity index is 1.72. The highest BCUT2D eigenvalue weighted by atomic mass is 15.3. The van der Waals surface area contributed by atoms with E-state index in [9.17, 15) is 0 Å². The van der Waals surface area contributed by atoms with Gasteiger partial charge in [0.15, 0.2) is 11.6 Å². The zero-order valence-corrected chi connectivity index (χ0v) is 18.1. The van der Waals surface area contributed by atoms with Crippen LogP contribution in [0.5, 0.6) is 0 Å². The molecule has 0 atom stereocenters. The molecule has 4 rings (SSSR count). The summed E-state index contributed by atoms with van der Waals surface area (Å²) < 4.78 is 2.03. The van der Waals surface area contributed by atoms with E-state index in [1.54, 1.807) is 0 Å². The van der Waals surface area contributed by atoms with Crippen molar-refractivity contribution < 1.29 is 0 Å². The van der Waals surface area contributed by atoms with Crippen molar-refractivity contribution in [2.75, 3.05) is 0 Å². The second-order valence-corrected chi connectivity index (χ2v) is 8.69. The van der Waals surface area contributed by atoms with Gasteiger partial charge in [0, 0.05) is 16.8 Å². The number of hydrogen-bond acceptors (Lipinski definition) is 2. The fourth-order valence-electron chi connectivity index (χ4n) is 3.58. The molecule has 0 bridgehead atoms. The number of rotatable bonds is 4. The van der Waals surface area contributed by atoms with Gasteiger partial charge in [-0.15, -0.1) is 10.2 Å². The molecule has 0 aliphatic rings. The normalized spacial score (nSPS) is 11.5. The molecule has 30 heavy (non-hydrogen) atoms. The third-order valence-corrected chi connectivity index (χ3v) is 5.30. The third kappa shape index (κ3) is 3.84. The molecule has 0 radical (unpaired) electrons. The van der Waals surface area contributed by atoms with E-state index < -0.39 is 0 Å². The van der Waals surface area contributed by atoms with Crippen LogP contribution in [0.25, 0.3) is 39.6 Å². The Morgan fingerprint density at radius 2 is 1.10 bits per heavy atom. The van der Waals surface area contributed by atoms with Crippen molar-refractivity contribution in [3.05, 3.63) is 91.0 Å². The summed E-state index contributed by atoms with van der Waals surface area (Å²) in [6.07, 6.45) is 0. The second-order valence-electron chi connectivity index (χ2n) is 8.69. The summed E-state index contributed by atoms with van der Waals surface area (Å²) in [7, 11) is 0. The monoisotopic (exact) mass is 393 g/mol. The third-order valence-electron chi connectivity index (χ3n) is 5.30. The number of benzene rings is 3. The van der Waals surface area contributed by atoms with Gasteiger partial charge >= 0.3 is 0 Å². The van der Waals surface area contributed by atoms with Gasteiger partial charge in [0.05, 0.1) is 0 Å². The molecule has 0 amide bonds. The van der Waals surface area contributed by atoms with E-state index >= 15 is 0 Å². The summed E-state index contributed by atoms with van der Waals surface area (Å²) in [4.78, 5) is 0. The van der Waals surface area contributed by atoms with Crippen LogP contribution in [0, 0.1) is 0 Å². The van der Waals surface area contributed by atoms with E-state index in [4.69, 9.17) is 0 Å². The van der Waals surface area contributed by atoms with Gasteiger partial charge in [-0.05, 0) is 29.0 Å². The van der Waals surface area contributed by atoms with Crippen molar-refractivity contribution in [1.82, 2.24) is 14.8 Å². The number of nitrogens with zero attached hydrogens (tertiary/aromatic N) is 3. The van der Waals surface area contributed by atoms with Gasteiger partial charge in [0.2, 0.25) is 0 Å². The highest BCUT2D eigenvalue weighted by Crippen LogP contribution is 2.30. The minimum absolute atomic E-state index is 0.117. The molecule has 3 nitrogen and oxygen atoms in total. The van der Waals surface area contributed by atoms with Crippen LogP contribution in [0.15, 0.2) is 85.4 Å². The minimum Gasteiger partial charge on any atom is -0.280 e. The largest absolute Gasteiger partial charge is 0.280 e. The van der Waals surface area contributed by atoms with Crippen LogP contribution in [0.2, 0.25) is 0 Å². The molecule has 0 N–H and O–H groups in total. The molecular formula is C27H27N3. The van der Waals surface area contributed by atoms with Gasteiger partial charge in [0.25, 0.3) is 0 Å². The van der Waals surface area contributed by atoms with Gasteiger partial charge in [0.1, 0.15) is 0 Å². The molecule has 0 unspecified atom stereocenters. The van der Waals surface area contributed by atoms with Gasteiger partial charge in [-0.1, -0.05) is 106 Å². The van der Waals surface area contributed by atoms with E-state index in [2.05, 4.69) is 110 Å². The first-order valence-electron chi connectivity index (χ1n) is 10.2. The van der Waals surface area contributed by atoms with Gasteiger partial charge in [-0.25, -0.2) is 0 Å². The number of hydrogen-bond donors (Lipinski definition) is 0. The Bertz CT molecular complexity index is 1160. The number of allylic oxidation sites excluding steroid dienone is 1. The molecule has 0 spiro atoms. The summed E-state index contributed by atoms with van der Waals surface area (Å²) in [6.45, 7) is 12.8. The Morgan fingerprint density at radius 3 is 1.57 bits per heavy atom. The molecule has 1 heterocycles. The van der Waals surface area contributed by atoms with Crippen LogP contribution < -0.4 is 0 Å². The van der Waals surface area contributed by atoms with Crippen LogP contribution >= 0.6 is 0 Å². The van der Waals surface area contributed by atoms with E-state index in [-0.39, 0.29) is 5.41 Å². The van der Waals surface area contributed by atoms with E-state index in [1.165, 1.54) is 16.7 Å². The highest BCUT2D eigenvalue weighted by Gasteiger charge is 2.18. The van der Waals surface area contributed by atoms with Crippen LogP contribution in [0.1, 0.15) is 33.3 Å². The summed E-state index contributed by atoms with van der Waals surface area (Å²) in [5, 5.41) is 9.02. The standard InChI is InChI=1S/C27H27N3/c1-19(2)30-25(22-13-11-21(12-14-22)20-9-7-6-8-10-20)28-29-26(30)23-15-17-24(18-16-23)27(3,4)5/h6-18H,1H2,2-5H3. The van der Waals surface area contributed by atoms with Crippen LogP contribution in [0.4, 0.5) is 0 Å². The lowest BCUT2D eigenvalue weighted by Gasteiger charge is -2.19. The molecule has 1 aromatic heterocycles. The quantitative estimate of drug-likeness (QED) is 0.371. The SMILES string of the molecule is C=C(C)n1c(-c2ccc(-c3ccccc3)cc2)nnc1-c1ccc(C(C)(C)C)cc1. The average Bonchev–Trinajstić information content (AvgIpc) is 3.19. The van der Waals surface area contributed by atoms with Gasteiger partial charge in [-0.2, -0.15) is 0 Å². The highest BCUT2D eigenvalue weighted by molar-refractivity contribution is 5.72. The minimum atomic E-state index is 0.117. The van der Waals surface area contributed by atoms with Gasteiger partial charge in [-0.3, -0.25) is 4.57 Å². The fourth-order valence-corrected chi connectivity index (χ4v) is 3.58. The molecule has 150 valence electrons. The van der Waals surface area contributed by atoms with Crippen LogP contribution in [0.3, 0.4) is 0 Å². The van der Waals surface area contributed by atoms with E-state index in [1.807, 2.05) is 17.6 Å². The molecule has 0 aliphatic heterocycles. The first kappa shape index (κ1) is 19.8. The maximum atomic E-state index is 4.51. The first-order chi connectivity index (χ1) is 14.3. The van der Waals surface area contributed by atoms with Crippen molar-refractivity contribution in [3.63, 3.8) is 0 Å². The predicted octanol–water partition coefficient (Wildman–Crippen LogP) is 7.07. The summed E-state index contributed by atoms with van der Waals surface area (Å²) in [5.41, 5.74) is 6.73. The van der Waals surface area contributed by atoms with Crippen molar-refractivity contribution in [2.24, 2.45) is 0 Å². The van der Waals surface area contributed by atoms with Crippen molar-refractivity contribution in [2.45, 2.75) is 33.1 Å². The molecule has 0 saturated carbocycles. The molecule has 3 aromatic carbocycles. The predicted molar refractivity (Wildman–Crippen MR) is 126 cm³/mol. The Labute approximate surface area is 178 Å². The Hall–Kier alpha value is -3.46. The molecule has 3 heteroatoms.